The lowest BCUT2D eigenvalue weighted by molar-refractivity contribution is -0.133. The number of likely N-dealkylation sites (N-methyl/N-ethyl adjacent to an activating group) is 1. The molecule has 1 amide bonds. The van der Waals surface area contributed by atoms with Crippen molar-refractivity contribution in [2.75, 3.05) is 26.7 Å². The first kappa shape index (κ1) is 19.8. The molecule has 1 heterocycles. The SMILES string of the molecule is CNC1CCCN(C(=O)CCOc2cc(C)cc(C)c2C)C1.Cl. The first-order valence-corrected chi connectivity index (χ1v) is 8.17. The standard InChI is InChI=1S/C18H28N2O2.ClH/c1-13-10-14(2)15(3)17(11-13)22-9-7-18(21)20-8-5-6-16(12-20)19-4;/h10-11,16,19H,5-9,12H2,1-4H3;1H. The Hall–Kier alpha value is -1.26. The summed E-state index contributed by atoms with van der Waals surface area (Å²) in [5.41, 5.74) is 3.58. The average molecular weight is 341 g/mol. The van der Waals surface area contributed by atoms with Crippen LogP contribution in [0.1, 0.15) is 36.0 Å². The number of aryl methyl sites for hydroxylation is 2. The number of hydrogen-bond donors (Lipinski definition) is 1. The van der Waals surface area contributed by atoms with Crippen LogP contribution in [0.5, 0.6) is 5.75 Å². The van der Waals surface area contributed by atoms with Crippen LogP contribution in [0.25, 0.3) is 0 Å². The van der Waals surface area contributed by atoms with Crippen molar-refractivity contribution in [3.63, 3.8) is 0 Å². The monoisotopic (exact) mass is 340 g/mol. The van der Waals surface area contributed by atoms with Gasteiger partial charge < -0.3 is 15.0 Å². The van der Waals surface area contributed by atoms with Crippen LogP contribution in [-0.4, -0.2) is 43.6 Å². The highest BCUT2D eigenvalue weighted by Gasteiger charge is 2.22. The van der Waals surface area contributed by atoms with E-state index in [0.717, 1.165) is 37.2 Å². The lowest BCUT2D eigenvalue weighted by Gasteiger charge is -2.32. The van der Waals surface area contributed by atoms with Crippen LogP contribution in [0.15, 0.2) is 12.1 Å². The number of nitrogens with one attached hydrogen (secondary N) is 1. The molecule has 1 aliphatic heterocycles. The zero-order valence-corrected chi connectivity index (χ0v) is 15.5. The molecular weight excluding hydrogens is 312 g/mol. The van der Waals surface area contributed by atoms with E-state index in [2.05, 4.69) is 32.2 Å². The van der Waals surface area contributed by atoms with Crippen molar-refractivity contribution in [3.05, 3.63) is 28.8 Å². The molecule has 2 rings (SSSR count). The number of carbonyl (C=O) groups is 1. The fraction of sp³-hybridized carbons (Fsp3) is 0.611. The molecule has 5 heteroatoms. The number of carbonyl (C=O) groups excluding carboxylic acids is 1. The van der Waals surface area contributed by atoms with E-state index in [1.807, 2.05) is 18.0 Å². The van der Waals surface area contributed by atoms with Gasteiger partial charge in [-0.05, 0) is 63.4 Å². The topological polar surface area (TPSA) is 41.6 Å². The van der Waals surface area contributed by atoms with E-state index in [0.29, 0.717) is 19.1 Å². The van der Waals surface area contributed by atoms with Crippen molar-refractivity contribution in [2.24, 2.45) is 0 Å². The number of ether oxygens (including phenoxy) is 1. The summed E-state index contributed by atoms with van der Waals surface area (Å²) in [6, 6.07) is 4.63. The predicted octanol–water partition coefficient (Wildman–Crippen LogP) is 3.01. The zero-order chi connectivity index (χ0) is 16.1. The van der Waals surface area contributed by atoms with Gasteiger partial charge in [-0.1, -0.05) is 6.07 Å². The lowest BCUT2D eigenvalue weighted by Crippen LogP contribution is -2.47. The Balaban J connectivity index is 0.00000264. The molecule has 4 nitrogen and oxygen atoms in total. The summed E-state index contributed by atoms with van der Waals surface area (Å²) in [6.45, 7) is 8.36. The highest BCUT2D eigenvalue weighted by Crippen LogP contribution is 2.23. The van der Waals surface area contributed by atoms with Crippen LogP contribution in [0.3, 0.4) is 0 Å². The molecular formula is C18H29ClN2O2. The molecule has 1 N–H and O–H groups in total. The van der Waals surface area contributed by atoms with E-state index >= 15 is 0 Å². The zero-order valence-electron chi connectivity index (χ0n) is 14.6. The number of benzene rings is 1. The number of amides is 1. The first-order valence-electron chi connectivity index (χ1n) is 8.17. The number of halogens is 1. The van der Waals surface area contributed by atoms with Gasteiger partial charge in [0.15, 0.2) is 0 Å². The first-order chi connectivity index (χ1) is 10.5. The summed E-state index contributed by atoms with van der Waals surface area (Å²) in [5, 5.41) is 3.27. The molecule has 1 saturated heterocycles. The van der Waals surface area contributed by atoms with Gasteiger partial charge in [-0.3, -0.25) is 4.79 Å². The summed E-state index contributed by atoms with van der Waals surface area (Å²) < 4.78 is 5.85. The lowest BCUT2D eigenvalue weighted by atomic mass is 10.1. The fourth-order valence-electron chi connectivity index (χ4n) is 3.00. The van der Waals surface area contributed by atoms with Crippen LogP contribution in [0.4, 0.5) is 0 Å². The predicted molar refractivity (Wildman–Crippen MR) is 96.7 cm³/mol. The van der Waals surface area contributed by atoms with Crippen LogP contribution < -0.4 is 10.1 Å². The largest absolute Gasteiger partial charge is 0.493 e. The van der Waals surface area contributed by atoms with Crippen molar-refractivity contribution in [3.8, 4) is 5.75 Å². The molecule has 0 aromatic heterocycles. The van der Waals surface area contributed by atoms with Crippen LogP contribution in [0.2, 0.25) is 0 Å². The molecule has 1 atom stereocenters. The van der Waals surface area contributed by atoms with Gasteiger partial charge in [0.1, 0.15) is 5.75 Å². The molecule has 1 aliphatic rings. The second-order valence-electron chi connectivity index (χ2n) is 6.27. The van der Waals surface area contributed by atoms with Gasteiger partial charge >= 0.3 is 0 Å². The van der Waals surface area contributed by atoms with Crippen molar-refractivity contribution in [1.29, 1.82) is 0 Å². The summed E-state index contributed by atoms with van der Waals surface area (Å²) in [5.74, 6) is 1.10. The fourth-order valence-corrected chi connectivity index (χ4v) is 3.00. The maximum absolute atomic E-state index is 12.3. The van der Waals surface area contributed by atoms with E-state index in [9.17, 15) is 4.79 Å². The Morgan fingerprint density at radius 3 is 2.78 bits per heavy atom. The second-order valence-corrected chi connectivity index (χ2v) is 6.27. The molecule has 0 radical (unpaired) electrons. The van der Waals surface area contributed by atoms with E-state index in [-0.39, 0.29) is 18.3 Å². The van der Waals surface area contributed by atoms with Crippen molar-refractivity contribution >= 4 is 18.3 Å². The van der Waals surface area contributed by atoms with Gasteiger partial charge in [-0.25, -0.2) is 0 Å². The summed E-state index contributed by atoms with van der Waals surface area (Å²) in [7, 11) is 1.96. The molecule has 1 fully saturated rings. The van der Waals surface area contributed by atoms with Gasteiger partial charge in [0.2, 0.25) is 5.91 Å². The Bertz CT molecular complexity index is 534. The maximum atomic E-state index is 12.3. The Labute approximate surface area is 146 Å². The minimum Gasteiger partial charge on any atom is -0.493 e. The van der Waals surface area contributed by atoms with Crippen molar-refractivity contribution in [2.45, 2.75) is 46.1 Å². The summed E-state index contributed by atoms with van der Waals surface area (Å²) >= 11 is 0. The van der Waals surface area contributed by atoms with E-state index < -0.39 is 0 Å². The van der Waals surface area contributed by atoms with Gasteiger partial charge in [0, 0.05) is 19.1 Å². The summed E-state index contributed by atoms with van der Waals surface area (Å²) in [4.78, 5) is 14.2. The molecule has 0 aliphatic carbocycles. The number of piperidine rings is 1. The maximum Gasteiger partial charge on any atom is 0.226 e. The molecule has 0 spiro atoms. The quantitative estimate of drug-likeness (QED) is 0.895. The van der Waals surface area contributed by atoms with Crippen LogP contribution in [-0.2, 0) is 4.79 Å². The smallest absolute Gasteiger partial charge is 0.226 e. The molecule has 130 valence electrons. The molecule has 0 saturated carbocycles. The third kappa shape index (κ3) is 5.40. The average Bonchev–Trinajstić information content (AvgIpc) is 2.51. The Kier molecular flexibility index (Phi) is 7.86. The van der Waals surface area contributed by atoms with E-state index in [1.54, 1.807) is 0 Å². The summed E-state index contributed by atoms with van der Waals surface area (Å²) in [6.07, 6.45) is 2.68. The highest BCUT2D eigenvalue weighted by molar-refractivity contribution is 5.85. The minimum absolute atomic E-state index is 0. The third-order valence-corrected chi connectivity index (χ3v) is 4.52. The van der Waals surface area contributed by atoms with E-state index in [4.69, 9.17) is 4.74 Å². The molecule has 23 heavy (non-hydrogen) atoms. The van der Waals surface area contributed by atoms with Gasteiger partial charge in [-0.15, -0.1) is 12.4 Å². The highest BCUT2D eigenvalue weighted by atomic mass is 35.5. The van der Waals surface area contributed by atoms with Crippen LogP contribution in [0, 0.1) is 20.8 Å². The molecule has 1 aromatic rings. The molecule has 1 aromatic carbocycles. The van der Waals surface area contributed by atoms with E-state index in [1.165, 1.54) is 11.1 Å². The normalized spacial score (nSPS) is 17.6. The Morgan fingerprint density at radius 1 is 1.35 bits per heavy atom. The second kappa shape index (κ2) is 9.14. The van der Waals surface area contributed by atoms with Gasteiger partial charge in [0.05, 0.1) is 13.0 Å². The van der Waals surface area contributed by atoms with Crippen molar-refractivity contribution in [1.82, 2.24) is 10.2 Å². The van der Waals surface area contributed by atoms with Gasteiger partial charge in [0.25, 0.3) is 0 Å². The molecule has 0 bridgehead atoms. The van der Waals surface area contributed by atoms with Gasteiger partial charge in [-0.2, -0.15) is 0 Å². The van der Waals surface area contributed by atoms with Crippen LogP contribution >= 0.6 is 12.4 Å². The number of hydrogen-bond acceptors (Lipinski definition) is 3. The molecule has 1 unspecified atom stereocenters. The minimum atomic E-state index is 0. The number of nitrogens with zero attached hydrogens (tertiary/aromatic N) is 1. The third-order valence-electron chi connectivity index (χ3n) is 4.52. The Morgan fingerprint density at radius 2 is 2.09 bits per heavy atom. The number of rotatable bonds is 5. The van der Waals surface area contributed by atoms with Crippen molar-refractivity contribution < 1.29 is 9.53 Å². The number of likely N-dealkylation sites (tertiary alicyclic amines) is 1.